The number of rotatable bonds is 6. The van der Waals surface area contributed by atoms with Crippen LogP contribution in [0.4, 0.5) is 23.7 Å². The van der Waals surface area contributed by atoms with Crippen molar-refractivity contribution in [1.82, 2.24) is 4.90 Å². The van der Waals surface area contributed by atoms with Crippen molar-refractivity contribution in [2.45, 2.75) is 32.1 Å². The topological polar surface area (TPSA) is 119 Å². The van der Waals surface area contributed by atoms with Crippen molar-refractivity contribution in [3.8, 4) is 6.07 Å². The number of benzene rings is 3. The zero-order chi connectivity index (χ0) is 29.6. The summed E-state index contributed by atoms with van der Waals surface area (Å²) in [7, 11) is 0. The summed E-state index contributed by atoms with van der Waals surface area (Å²) in [6.07, 6.45) is -4.90. The van der Waals surface area contributed by atoms with E-state index in [0.717, 1.165) is 17.0 Å². The molecule has 0 saturated carbocycles. The first-order chi connectivity index (χ1) is 18.7. The maximum absolute atomic E-state index is 13.5. The monoisotopic (exact) mass is 569 g/mol. The maximum atomic E-state index is 13.5. The van der Waals surface area contributed by atoms with Gasteiger partial charge in [-0.15, -0.1) is 0 Å². The second kappa shape index (κ2) is 10.1. The lowest BCUT2D eigenvalue weighted by molar-refractivity contribution is -0.137. The van der Waals surface area contributed by atoms with Gasteiger partial charge in [-0.3, -0.25) is 9.59 Å². The Kier molecular flexibility index (Phi) is 7.17. The molecule has 0 spiro atoms. The molecular formula is C28H19ClF3N3O5. The minimum absolute atomic E-state index is 0.0209. The molecule has 0 atom stereocenters. The zero-order valence-corrected chi connectivity index (χ0v) is 21.7. The molecule has 4 rings (SSSR count). The molecular weight excluding hydrogens is 551 g/mol. The van der Waals surface area contributed by atoms with E-state index >= 15 is 0 Å². The van der Waals surface area contributed by atoms with E-state index in [1.54, 1.807) is 0 Å². The average Bonchev–Trinajstić information content (AvgIpc) is 3.06. The van der Waals surface area contributed by atoms with Gasteiger partial charge in [0.25, 0.3) is 5.91 Å². The molecule has 1 aliphatic heterocycles. The molecule has 0 aromatic heterocycles. The molecule has 1 fully saturated rings. The average molecular weight is 570 g/mol. The van der Waals surface area contributed by atoms with Gasteiger partial charge >= 0.3 is 18.2 Å². The number of aromatic carboxylic acids is 1. The van der Waals surface area contributed by atoms with Crippen LogP contribution in [-0.2, 0) is 17.5 Å². The lowest BCUT2D eigenvalue weighted by atomic mass is 9.96. The van der Waals surface area contributed by atoms with Crippen molar-refractivity contribution in [2.75, 3.05) is 4.90 Å². The van der Waals surface area contributed by atoms with Crippen LogP contribution in [0, 0.1) is 11.3 Å². The van der Waals surface area contributed by atoms with Gasteiger partial charge in [-0.1, -0.05) is 23.7 Å². The number of ketones is 1. The zero-order valence-electron chi connectivity index (χ0n) is 20.9. The number of carboxylic acids is 1. The van der Waals surface area contributed by atoms with Crippen LogP contribution in [0.1, 0.15) is 56.8 Å². The van der Waals surface area contributed by atoms with E-state index in [9.17, 15) is 32.3 Å². The van der Waals surface area contributed by atoms with Crippen molar-refractivity contribution in [1.29, 1.82) is 5.26 Å². The van der Waals surface area contributed by atoms with E-state index in [0.29, 0.717) is 11.0 Å². The molecule has 0 bridgehead atoms. The molecule has 3 aromatic carbocycles. The highest BCUT2D eigenvalue weighted by Crippen LogP contribution is 2.38. The first kappa shape index (κ1) is 28.3. The number of carbonyl (C=O) groups is 4. The molecule has 1 heterocycles. The Morgan fingerprint density at radius 3 is 2.20 bits per heavy atom. The number of nitrogens with zero attached hydrogens (tertiary/aromatic N) is 3. The number of amides is 3. The Morgan fingerprint density at radius 1 is 1.00 bits per heavy atom. The number of alkyl halides is 3. The van der Waals surface area contributed by atoms with Crippen molar-refractivity contribution < 1.29 is 37.5 Å². The van der Waals surface area contributed by atoms with Crippen LogP contribution in [0.25, 0.3) is 0 Å². The standard InChI is InChI=1S/C28H19ClF3N3O5/c1-27(2)25(39)35(20-9-7-17(13-33)22(12-20)28(30,31)32)26(40)34(27)14-18-11-19(29)8-10-21(18)23(36)15-3-5-16(6-4-15)24(37)38/h3-12H,14H2,1-2H3,(H,37,38). The molecule has 3 aromatic rings. The molecule has 1 N–H and O–H groups in total. The Bertz CT molecular complexity index is 1610. The van der Waals surface area contributed by atoms with Crippen LogP contribution in [0.3, 0.4) is 0 Å². The lowest BCUT2D eigenvalue weighted by Crippen LogP contribution is -2.43. The van der Waals surface area contributed by atoms with Gasteiger partial charge in [0.1, 0.15) is 5.54 Å². The Balaban J connectivity index is 1.72. The Morgan fingerprint density at radius 2 is 1.62 bits per heavy atom. The second-order valence-corrected chi connectivity index (χ2v) is 9.86. The summed E-state index contributed by atoms with van der Waals surface area (Å²) in [5.74, 6) is -2.48. The third-order valence-electron chi connectivity index (χ3n) is 6.55. The number of hydrogen-bond donors (Lipinski definition) is 1. The Labute approximate surface area is 230 Å². The van der Waals surface area contributed by atoms with Gasteiger partial charge in [-0.2, -0.15) is 18.4 Å². The first-order valence-electron chi connectivity index (χ1n) is 11.6. The van der Waals surface area contributed by atoms with Crippen molar-refractivity contribution >= 4 is 41.0 Å². The highest BCUT2D eigenvalue weighted by atomic mass is 35.5. The van der Waals surface area contributed by atoms with Crippen LogP contribution in [0.5, 0.6) is 0 Å². The highest BCUT2D eigenvalue weighted by Gasteiger charge is 2.52. The molecule has 0 unspecified atom stereocenters. The number of carboxylic acid groups (broad SMARTS) is 1. The summed E-state index contributed by atoms with van der Waals surface area (Å²) in [6, 6.07) is 12.6. The van der Waals surface area contributed by atoms with Gasteiger partial charge in [0.05, 0.1) is 28.4 Å². The molecule has 12 heteroatoms. The maximum Gasteiger partial charge on any atom is 0.417 e. The minimum Gasteiger partial charge on any atom is -0.478 e. The number of imide groups is 1. The minimum atomic E-state index is -4.90. The van der Waals surface area contributed by atoms with Crippen LogP contribution >= 0.6 is 11.6 Å². The van der Waals surface area contributed by atoms with Gasteiger partial charge in [0.15, 0.2) is 5.78 Å². The quantitative estimate of drug-likeness (QED) is 0.291. The summed E-state index contributed by atoms with van der Waals surface area (Å²) in [5.41, 5.74) is -3.33. The molecule has 8 nitrogen and oxygen atoms in total. The first-order valence-corrected chi connectivity index (χ1v) is 12.0. The predicted molar refractivity (Wildman–Crippen MR) is 137 cm³/mol. The summed E-state index contributed by atoms with van der Waals surface area (Å²) in [5, 5.41) is 18.4. The number of carbonyl (C=O) groups excluding carboxylic acids is 3. The third kappa shape index (κ3) is 5.01. The third-order valence-corrected chi connectivity index (χ3v) is 6.78. The smallest absolute Gasteiger partial charge is 0.417 e. The number of urea groups is 1. The van der Waals surface area contributed by atoms with Crippen molar-refractivity contribution in [3.63, 3.8) is 0 Å². The summed E-state index contributed by atoms with van der Waals surface area (Å²) >= 11 is 6.17. The van der Waals surface area contributed by atoms with Crippen molar-refractivity contribution in [2.24, 2.45) is 0 Å². The number of nitriles is 1. The molecule has 3 amide bonds. The van der Waals surface area contributed by atoms with E-state index in [4.69, 9.17) is 22.0 Å². The highest BCUT2D eigenvalue weighted by molar-refractivity contribution is 6.31. The fourth-order valence-electron chi connectivity index (χ4n) is 4.34. The van der Waals surface area contributed by atoms with E-state index in [-0.39, 0.29) is 39.5 Å². The van der Waals surface area contributed by atoms with Gasteiger partial charge in [0, 0.05) is 22.7 Å². The van der Waals surface area contributed by atoms with Crippen LogP contribution in [-0.4, -0.2) is 39.2 Å². The number of anilines is 1. The van der Waals surface area contributed by atoms with E-state index in [1.807, 2.05) is 0 Å². The number of hydrogen-bond acceptors (Lipinski definition) is 5. The van der Waals surface area contributed by atoms with Crippen LogP contribution in [0.2, 0.25) is 5.02 Å². The second-order valence-electron chi connectivity index (χ2n) is 9.42. The molecule has 0 aliphatic carbocycles. The van der Waals surface area contributed by atoms with Crippen molar-refractivity contribution in [3.05, 3.63) is 99.1 Å². The largest absolute Gasteiger partial charge is 0.478 e. The van der Waals surface area contributed by atoms with Gasteiger partial charge in [-0.25, -0.2) is 14.5 Å². The predicted octanol–water partition coefficient (Wildman–Crippen LogP) is 5.91. The van der Waals surface area contributed by atoms with Crippen LogP contribution in [0.15, 0.2) is 60.7 Å². The summed E-state index contributed by atoms with van der Waals surface area (Å²) < 4.78 is 40.6. The fraction of sp³-hybridized carbons (Fsp3) is 0.179. The molecule has 204 valence electrons. The normalized spacial score (nSPS) is 14.8. The summed E-state index contributed by atoms with van der Waals surface area (Å²) in [4.78, 5) is 53.0. The van der Waals surface area contributed by atoms with Gasteiger partial charge in [0.2, 0.25) is 0 Å². The van der Waals surface area contributed by atoms with E-state index < -0.39 is 46.5 Å². The summed E-state index contributed by atoms with van der Waals surface area (Å²) in [6.45, 7) is 2.53. The van der Waals surface area contributed by atoms with E-state index in [2.05, 4.69) is 0 Å². The molecule has 0 radical (unpaired) electrons. The lowest BCUT2D eigenvalue weighted by Gasteiger charge is -2.28. The van der Waals surface area contributed by atoms with Crippen LogP contribution < -0.4 is 4.90 Å². The molecule has 1 aliphatic rings. The van der Waals surface area contributed by atoms with Gasteiger partial charge < -0.3 is 10.0 Å². The molecule has 1 saturated heterocycles. The SMILES string of the molecule is CC1(C)C(=O)N(c2ccc(C#N)c(C(F)(F)F)c2)C(=O)N1Cc1cc(Cl)ccc1C(=O)c1ccc(C(=O)O)cc1. The fourth-order valence-corrected chi connectivity index (χ4v) is 4.53. The molecule has 40 heavy (non-hydrogen) atoms. The van der Waals surface area contributed by atoms with Gasteiger partial charge in [-0.05, 0) is 67.9 Å². The number of halogens is 4. The Hall–Kier alpha value is -4.69. The van der Waals surface area contributed by atoms with E-state index in [1.165, 1.54) is 62.4 Å².